The molecule has 0 radical (unpaired) electrons. The Morgan fingerprint density at radius 2 is 2.08 bits per heavy atom. The molecule has 1 aliphatic heterocycles. The summed E-state index contributed by atoms with van der Waals surface area (Å²) in [6.45, 7) is 8.59. The van der Waals surface area contributed by atoms with Gasteiger partial charge in [-0.25, -0.2) is 0 Å². The second-order valence-corrected chi connectivity index (χ2v) is 9.15. The predicted octanol–water partition coefficient (Wildman–Crippen LogP) is 1.02. The van der Waals surface area contributed by atoms with Crippen molar-refractivity contribution in [1.82, 2.24) is 0 Å². The van der Waals surface area contributed by atoms with E-state index >= 15 is 0 Å². The number of hydrogen-bond acceptors (Lipinski definition) is 2. The van der Waals surface area contributed by atoms with Gasteiger partial charge in [0.1, 0.15) is 14.2 Å². The van der Waals surface area contributed by atoms with E-state index in [0.717, 1.165) is 0 Å². The molecular formula is C9H16O2Si. The molecule has 0 aliphatic carbocycles. The third-order valence-electron chi connectivity index (χ3n) is 1.80. The first-order chi connectivity index (χ1) is 5.37. The molecule has 1 fully saturated rings. The molecule has 0 amide bonds. The normalized spacial score (nSPS) is 33.9. The van der Waals surface area contributed by atoms with Gasteiger partial charge < -0.3 is 9.84 Å². The number of ether oxygens (including phenoxy) is 1. The molecule has 1 heterocycles. The monoisotopic (exact) mass is 184 g/mol. The Hall–Kier alpha value is -0.303. The van der Waals surface area contributed by atoms with Gasteiger partial charge in [0.05, 0.1) is 6.61 Å². The highest BCUT2D eigenvalue weighted by atomic mass is 28.3. The van der Waals surface area contributed by atoms with Crippen molar-refractivity contribution in [1.29, 1.82) is 0 Å². The van der Waals surface area contributed by atoms with Crippen molar-refractivity contribution in [2.75, 3.05) is 6.61 Å². The van der Waals surface area contributed by atoms with Crippen LogP contribution in [0.2, 0.25) is 19.6 Å². The molecule has 1 aliphatic rings. The standard InChI is InChI=1S/C9H16O2Si/c1-9(8(7-10)11-9)5-6-12(2,3)4/h8,10H,7H2,1-4H3/t8-,9-/m0/s1. The Labute approximate surface area is 74.9 Å². The molecule has 0 saturated carbocycles. The zero-order valence-corrected chi connectivity index (χ0v) is 9.14. The third kappa shape index (κ3) is 2.34. The third-order valence-corrected chi connectivity index (χ3v) is 2.67. The van der Waals surface area contributed by atoms with Crippen LogP contribution in [0.25, 0.3) is 0 Å². The zero-order chi connectivity index (χ0) is 9.41. The molecule has 0 aromatic carbocycles. The van der Waals surface area contributed by atoms with Gasteiger partial charge in [-0.15, -0.1) is 5.54 Å². The summed E-state index contributed by atoms with van der Waals surface area (Å²) >= 11 is 0. The lowest BCUT2D eigenvalue weighted by atomic mass is 10.1. The molecule has 1 rings (SSSR count). The van der Waals surface area contributed by atoms with E-state index in [4.69, 9.17) is 9.84 Å². The van der Waals surface area contributed by atoms with Crippen molar-refractivity contribution in [3.05, 3.63) is 0 Å². The first-order valence-corrected chi connectivity index (χ1v) is 7.70. The van der Waals surface area contributed by atoms with Crippen molar-refractivity contribution >= 4 is 8.07 Å². The van der Waals surface area contributed by atoms with Crippen LogP contribution in [0.4, 0.5) is 0 Å². The molecule has 0 unspecified atom stereocenters. The van der Waals surface area contributed by atoms with Crippen LogP contribution in [0.15, 0.2) is 0 Å². The zero-order valence-electron chi connectivity index (χ0n) is 8.14. The molecule has 12 heavy (non-hydrogen) atoms. The molecule has 68 valence electrons. The van der Waals surface area contributed by atoms with E-state index in [1.165, 1.54) is 0 Å². The van der Waals surface area contributed by atoms with Gasteiger partial charge >= 0.3 is 0 Å². The highest BCUT2D eigenvalue weighted by molar-refractivity contribution is 6.83. The van der Waals surface area contributed by atoms with Gasteiger partial charge in [0, 0.05) is 0 Å². The lowest BCUT2D eigenvalue weighted by molar-refractivity contribution is 0.240. The second-order valence-electron chi connectivity index (χ2n) is 4.40. The number of hydrogen-bond donors (Lipinski definition) is 1. The number of aliphatic hydroxyl groups excluding tert-OH is 1. The highest BCUT2D eigenvalue weighted by Crippen LogP contribution is 2.34. The summed E-state index contributed by atoms with van der Waals surface area (Å²) < 4.78 is 5.25. The van der Waals surface area contributed by atoms with E-state index in [2.05, 4.69) is 31.1 Å². The Morgan fingerprint density at radius 3 is 2.42 bits per heavy atom. The summed E-state index contributed by atoms with van der Waals surface area (Å²) in [5.74, 6) is 3.10. The van der Waals surface area contributed by atoms with Crippen LogP contribution in [0.5, 0.6) is 0 Å². The lowest BCUT2D eigenvalue weighted by Gasteiger charge is -2.04. The van der Waals surface area contributed by atoms with Gasteiger partial charge in [-0.1, -0.05) is 25.6 Å². The summed E-state index contributed by atoms with van der Waals surface area (Å²) in [5, 5.41) is 8.79. The van der Waals surface area contributed by atoms with Gasteiger partial charge in [-0.05, 0) is 6.92 Å². The minimum absolute atomic E-state index is 0.0543. The minimum atomic E-state index is -1.29. The largest absolute Gasteiger partial charge is 0.394 e. The topological polar surface area (TPSA) is 32.8 Å². The molecule has 2 atom stereocenters. The summed E-state index contributed by atoms with van der Waals surface area (Å²) in [5.41, 5.74) is 2.89. The molecule has 0 aromatic rings. The smallest absolute Gasteiger partial charge is 0.154 e. The molecule has 1 N–H and O–H groups in total. The maximum Gasteiger partial charge on any atom is 0.154 e. The Morgan fingerprint density at radius 1 is 1.50 bits per heavy atom. The number of rotatable bonds is 1. The molecular weight excluding hydrogens is 168 g/mol. The molecule has 1 saturated heterocycles. The van der Waals surface area contributed by atoms with E-state index in [-0.39, 0.29) is 18.3 Å². The lowest BCUT2D eigenvalue weighted by Crippen LogP contribution is -2.19. The summed E-state index contributed by atoms with van der Waals surface area (Å²) in [4.78, 5) is 0. The fourth-order valence-corrected chi connectivity index (χ4v) is 1.52. The van der Waals surface area contributed by atoms with Gasteiger partial charge in [-0.2, -0.15) is 0 Å². The molecule has 2 nitrogen and oxygen atoms in total. The molecule has 0 spiro atoms. The summed E-state index contributed by atoms with van der Waals surface area (Å²) in [6.07, 6.45) is -0.0543. The fourth-order valence-electron chi connectivity index (χ4n) is 0.895. The molecule has 3 heteroatoms. The van der Waals surface area contributed by atoms with Crippen molar-refractivity contribution < 1.29 is 9.84 Å². The van der Waals surface area contributed by atoms with Crippen molar-refractivity contribution in [3.63, 3.8) is 0 Å². The van der Waals surface area contributed by atoms with E-state index in [1.54, 1.807) is 0 Å². The van der Waals surface area contributed by atoms with Crippen LogP contribution in [0.1, 0.15) is 6.92 Å². The fraction of sp³-hybridized carbons (Fsp3) is 0.778. The molecule has 0 bridgehead atoms. The van der Waals surface area contributed by atoms with Gasteiger partial charge in [0.25, 0.3) is 0 Å². The van der Waals surface area contributed by atoms with Crippen LogP contribution in [0.3, 0.4) is 0 Å². The van der Waals surface area contributed by atoms with Crippen LogP contribution < -0.4 is 0 Å². The average Bonchev–Trinajstić information content (AvgIpc) is 2.58. The van der Waals surface area contributed by atoms with E-state index < -0.39 is 8.07 Å². The van der Waals surface area contributed by atoms with Crippen molar-refractivity contribution in [3.8, 4) is 11.5 Å². The molecule has 0 aromatic heterocycles. The maximum absolute atomic E-state index is 8.79. The van der Waals surface area contributed by atoms with Crippen LogP contribution >= 0.6 is 0 Å². The van der Waals surface area contributed by atoms with Crippen molar-refractivity contribution in [2.24, 2.45) is 0 Å². The summed E-state index contributed by atoms with van der Waals surface area (Å²) in [6, 6.07) is 0. The van der Waals surface area contributed by atoms with E-state index in [0.29, 0.717) is 0 Å². The Bertz CT molecular complexity index is 233. The van der Waals surface area contributed by atoms with Crippen molar-refractivity contribution in [2.45, 2.75) is 38.3 Å². The van der Waals surface area contributed by atoms with E-state index in [9.17, 15) is 0 Å². The Kier molecular flexibility index (Phi) is 2.35. The van der Waals surface area contributed by atoms with Gasteiger partial charge in [0.2, 0.25) is 0 Å². The first-order valence-electron chi connectivity index (χ1n) is 4.20. The number of epoxide rings is 1. The highest BCUT2D eigenvalue weighted by Gasteiger charge is 2.50. The van der Waals surface area contributed by atoms with E-state index in [1.807, 2.05) is 6.92 Å². The van der Waals surface area contributed by atoms with Crippen LogP contribution in [-0.4, -0.2) is 31.5 Å². The quantitative estimate of drug-likeness (QED) is 0.375. The minimum Gasteiger partial charge on any atom is -0.394 e. The van der Waals surface area contributed by atoms with Gasteiger partial charge in [0.15, 0.2) is 5.60 Å². The SMILES string of the molecule is C[C@@]1(C#C[Si](C)(C)C)O[C@H]1CO. The number of aliphatic hydroxyl groups is 1. The summed E-state index contributed by atoms with van der Waals surface area (Å²) in [7, 11) is -1.29. The average molecular weight is 184 g/mol. The predicted molar refractivity (Wildman–Crippen MR) is 51.5 cm³/mol. The van der Waals surface area contributed by atoms with Gasteiger partial charge in [-0.3, -0.25) is 0 Å². The van der Waals surface area contributed by atoms with Crippen LogP contribution in [-0.2, 0) is 4.74 Å². The van der Waals surface area contributed by atoms with Crippen LogP contribution in [0, 0.1) is 11.5 Å². The maximum atomic E-state index is 8.79. The second kappa shape index (κ2) is 2.88. The first kappa shape index (κ1) is 9.78. The Balaban J connectivity index is 2.57.